The van der Waals surface area contributed by atoms with E-state index in [4.69, 9.17) is 0 Å². The van der Waals surface area contributed by atoms with Crippen LogP contribution in [0.2, 0.25) is 0 Å². The van der Waals surface area contributed by atoms with Crippen LogP contribution in [0.5, 0.6) is 0 Å². The first-order chi connectivity index (χ1) is 6.74. The molecular weight excluding hydrogens is 214 g/mol. The molecule has 14 heavy (non-hydrogen) atoms. The Bertz CT molecular complexity index is 329. The van der Waals surface area contributed by atoms with Crippen molar-refractivity contribution < 1.29 is 4.79 Å². The topological polar surface area (TPSA) is 30.0 Å². The van der Waals surface area contributed by atoms with Gasteiger partial charge in [0.05, 0.1) is 9.88 Å². The molecule has 0 amide bonds. The predicted octanol–water partition coefficient (Wildman–Crippen LogP) is 2.74. The number of thiazole rings is 1. The van der Waals surface area contributed by atoms with Crippen LogP contribution in [-0.4, -0.2) is 22.8 Å². The van der Waals surface area contributed by atoms with E-state index in [0.717, 1.165) is 21.9 Å². The summed E-state index contributed by atoms with van der Waals surface area (Å²) in [5, 5.41) is 1.13. The van der Waals surface area contributed by atoms with Crippen LogP contribution in [0.25, 0.3) is 0 Å². The third-order valence-corrected chi connectivity index (χ3v) is 5.24. The first kappa shape index (κ1) is 10.2. The fraction of sp³-hybridized carbons (Fsp3) is 0.600. The highest BCUT2D eigenvalue weighted by atomic mass is 32.2. The van der Waals surface area contributed by atoms with Crippen molar-refractivity contribution in [3.63, 3.8) is 0 Å². The third kappa shape index (κ3) is 1.86. The molecule has 1 aromatic rings. The van der Waals surface area contributed by atoms with Crippen molar-refractivity contribution in [2.75, 3.05) is 11.5 Å². The van der Waals surface area contributed by atoms with Crippen LogP contribution in [0.4, 0.5) is 0 Å². The zero-order valence-corrected chi connectivity index (χ0v) is 9.79. The maximum Gasteiger partial charge on any atom is 0.161 e. The molecule has 4 heteroatoms. The Morgan fingerprint density at radius 2 is 2.50 bits per heavy atom. The van der Waals surface area contributed by atoms with Crippen molar-refractivity contribution in [2.45, 2.75) is 25.2 Å². The molecule has 1 unspecified atom stereocenters. The first-order valence-electron chi connectivity index (χ1n) is 4.74. The van der Waals surface area contributed by atoms with Gasteiger partial charge in [0.15, 0.2) is 6.29 Å². The Morgan fingerprint density at radius 3 is 3.07 bits per heavy atom. The van der Waals surface area contributed by atoms with Crippen molar-refractivity contribution in [3.05, 3.63) is 16.1 Å². The monoisotopic (exact) mass is 227 g/mol. The number of thioether (sulfide) groups is 1. The van der Waals surface area contributed by atoms with Gasteiger partial charge in [-0.1, -0.05) is 6.92 Å². The summed E-state index contributed by atoms with van der Waals surface area (Å²) in [6.45, 7) is 2.26. The summed E-state index contributed by atoms with van der Waals surface area (Å²) in [5.74, 6) is 2.40. The maximum absolute atomic E-state index is 10.6. The van der Waals surface area contributed by atoms with E-state index in [9.17, 15) is 4.79 Å². The molecule has 0 radical (unpaired) electrons. The standard InChI is InChI=1S/C10H13NOS2/c1-10(3-2-4-13-7-10)9-11-5-8(6-12)14-9/h5-6H,2-4,7H2,1H3. The van der Waals surface area contributed by atoms with Gasteiger partial charge in [0.2, 0.25) is 0 Å². The third-order valence-electron chi connectivity index (χ3n) is 2.59. The molecule has 0 aromatic carbocycles. The van der Waals surface area contributed by atoms with E-state index in [1.807, 2.05) is 11.8 Å². The largest absolute Gasteiger partial charge is 0.297 e. The second-order valence-electron chi connectivity index (χ2n) is 3.90. The minimum Gasteiger partial charge on any atom is -0.297 e. The van der Waals surface area contributed by atoms with Gasteiger partial charge in [-0.15, -0.1) is 11.3 Å². The fourth-order valence-electron chi connectivity index (χ4n) is 1.72. The average Bonchev–Trinajstić information content (AvgIpc) is 2.67. The minimum atomic E-state index is 0.203. The molecular formula is C10H13NOS2. The SMILES string of the molecule is CC1(c2ncc(C=O)s2)CCCSC1. The number of rotatable bonds is 2. The Labute approximate surface area is 92.1 Å². The summed E-state index contributed by atoms with van der Waals surface area (Å²) in [5.41, 5.74) is 0.203. The summed E-state index contributed by atoms with van der Waals surface area (Å²) >= 11 is 3.54. The van der Waals surface area contributed by atoms with Crippen molar-refractivity contribution in [2.24, 2.45) is 0 Å². The van der Waals surface area contributed by atoms with E-state index in [-0.39, 0.29) is 5.41 Å². The summed E-state index contributed by atoms with van der Waals surface area (Å²) in [6, 6.07) is 0. The van der Waals surface area contributed by atoms with E-state index >= 15 is 0 Å². The molecule has 2 heterocycles. The van der Waals surface area contributed by atoms with E-state index in [0.29, 0.717) is 0 Å². The molecule has 2 rings (SSSR count). The van der Waals surface area contributed by atoms with Crippen LogP contribution >= 0.6 is 23.1 Å². The van der Waals surface area contributed by atoms with Crippen molar-refractivity contribution in [1.29, 1.82) is 0 Å². The smallest absolute Gasteiger partial charge is 0.161 e. The highest BCUT2D eigenvalue weighted by molar-refractivity contribution is 7.99. The Balaban J connectivity index is 2.23. The summed E-state index contributed by atoms with van der Waals surface area (Å²) in [4.78, 5) is 15.7. The zero-order valence-electron chi connectivity index (χ0n) is 8.16. The quantitative estimate of drug-likeness (QED) is 0.728. The normalized spacial score (nSPS) is 27.5. The van der Waals surface area contributed by atoms with Gasteiger partial charge in [-0.2, -0.15) is 11.8 Å². The highest BCUT2D eigenvalue weighted by Crippen LogP contribution is 2.38. The molecule has 1 fully saturated rings. The highest BCUT2D eigenvalue weighted by Gasteiger charge is 2.31. The summed E-state index contributed by atoms with van der Waals surface area (Å²) < 4.78 is 0. The predicted molar refractivity (Wildman–Crippen MR) is 61.4 cm³/mol. The number of hydrogen-bond acceptors (Lipinski definition) is 4. The Kier molecular flexibility index (Phi) is 2.93. The number of hydrogen-bond donors (Lipinski definition) is 0. The van der Waals surface area contributed by atoms with Crippen LogP contribution in [0.1, 0.15) is 34.4 Å². The van der Waals surface area contributed by atoms with Crippen molar-refractivity contribution in [3.8, 4) is 0 Å². The lowest BCUT2D eigenvalue weighted by Crippen LogP contribution is -2.28. The Morgan fingerprint density at radius 1 is 1.64 bits per heavy atom. The molecule has 1 saturated heterocycles. The van der Waals surface area contributed by atoms with Gasteiger partial charge in [0, 0.05) is 17.4 Å². The molecule has 1 aliphatic heterocycles. The van der Waals surface area contributed by atoms with E-state index in [2.05, 4.69) is 11.9 Å². The first-order valence-corrected chi connectivity index (χ1v) is 6.71. The van der Waals surface area contributed by atoms with Crippen LogP contribution in [0.3, 0.4) is 0 Å². The molecule has 76 valence electrons. The van der Waals surface area contributed by atoms with Gasteiger partial charge in [-0.05, 0) is 18.6 Å². The zero-order chi connectivity index (χ0) is 10.0. The molecule has 0 N–H and O–H groups in total. The van der Waals surface area contributed by atoms with Gasteiger partial charge in [0.1, 0.15) is 0 Å². The van der Waals surface area contributed by atoms with Gasteiger partial charge in [-0.3, -0.25) is 4.79 Å². The second-order valence-corrected chi connectivity index (χ2v) is 6.07. The van der Waals surface area contributed by atoms with Crippen LogP contribution in [-0.2, 0) is 5.41 Å². The second kappa shape index (κ2) is 4.03. The molecule has 1 aromatic heterocycles. The lowest BCUT2D eigenvalue weighted by atomic mass is 9.88. The van der Waals surface area contributed by atoms with E-state index in [1.54, 1.807) is 17.5 Å². The maximum atomic E-state index is 10.6. The van der Waals surface area contributed by atoms with E-state index < -0.39 is 0 Å². The summed E-state index contributed by atoms with van der Waals surface area (Å²) in [7, 11) is 0. The number of aldehydes is 1. The minimum absolute atomic E-state index is 0.203. The lowest BCUT2D eigenvalue weighted by Gasteiger charge is -2.30. The van der Waals surface area contributed by atoms with Crippen molar-refractivity contribution >= 4 is 29.4 Å². The average molecular weight is 227 g/mol. The molecule has 1 atom stereocenters. The fourth-order valence-corrected chi connectivity index (χ4v) is 3.94. The molecule has 0 bridgehead atoms. The number of carbonyl (C=O) groups excluding carboxylic acids is 1. The lowest BCUT2D eigenvalue weighted by molar-refractivity contribution is 0.112. The molecule has 0 saturated carbocycles. The molecule has 0 aliphatic carbocycles. The number of aromatic nitrogens is 1. The molecule has 1 aliphatic rings. The van der Waals surface area contributed by atoms with Crippen LogP contribution in [0.15, 0.2) is 6.20 Å². The van der Waals surface area contributed by atoms with E-state index in [1.165, 1.54) is 18.6 Å². The molecule has 0 spiro atoms. The number of carbonyl (C=O) groups is 1. The van der Waals surface area contributed by atoms with Crippen LogP contribution < -0.4 is 0 Å². The summed E-state index contributed by atoms with van der Waals surface area (Å²) in [6.07, 6.45) is 5.04. The van der Waals surface area contributed by atoms with Crippen molar-refractivity contribution in [1.82, 2.24) is 4.98 Å². The number of nitrogens with zero attached hydrogens (tertiary/aromatic N) is 1. The van der Waals surface area contributed by atoms with Gasteiger partial charge >= 0.3 is 0 Å². The Hall–Kier alpha value is -0.350. The van der Waals surface area contributed by atoms with Crippen LogP contribution in [0, 0.1) is 0 Å². The molecule has 2 nitrogen and oxygen atoms in total. The van der Waals surface area contributed by atoms with Gasteiger partial charge in [-0.25, -0.2) is 4.98 Å². The van der Waals surface area contributed by atoms with Gasteiger partial charge in [0.25, 0.3) is 0 Å². The van der Waals surface area contributed by atoms with Gasteiger partial charge < -0.3 is 0 Å².